The highest BCUT2D eigenvalue weighted by atomic mass is 32.2. The Labute approximate surface area is 181 Å². The topological polar surface area (TPSA) is 105 Å². The van der Waals surface area contributed by atoms with Crippen molar-refractivity contribution in [3.8, 4) is 11.4 Å². The lowest BCUT2D eigenvalue weighted by Gasteiger charge is -2.29. The van der Waals surface area contributed by atoms with Gasteiger partial charge in [-0.1, -0.05) is 24.2 Å². The van der Waals surface area contributed by atoms with E-state index in [4.69, 9.17) is 4.52 Å². The molecule has 1 aromatic heterocycles. The molecular weight excluding hydrogens is 416 g/mol. The fourth-order valence-corrected chi connectivity index (χ4v) is 5.01. The van der Waals surface area contributed by atoms with E-state index in [1.807, 2.05) is 6.07 Å². The second-order valence-electron chi connectivity index (χ2n) is 7.75. The molecule has 1 aliphatic heterocycles. The van der Waals surface area contributed by atoms with Gasteiger partial charge in [-0.3, -0.25) is 4.79 Å². The largest absolute Gasteiger partial charge is 0.339 e. The van der Waals surface area contributed by atoms with Crippen LogP contribution in [0.1, 0.15) is 36.0 Å². The van der Waals surface area contributed by atoms with Crippen LogP contribution in [0.15, 0.2) is 57.9 Å². The first-order valence-corrected chi connectivity index (χ1v) is 11.6. The lowest BCUT2D eigenvalue weighted by molar-refractivity contribution is 0.102. The van der Waals surface area contributed by atoms with E-state index < -0.39 is 10.0 Å². The molecule has 31 heavy (non-hydrogen) atoms. The van der Waals surface area contributed by atoms with Crippen LogP contribution < -0.4 is 5.32 Å². The molecule has 2 aromatic carbocycles. The van der Waals surface area contributed by atoms with E-state index >= 15 is 0 Å². The molecule has 0 spiro atoms. The predicted molar refractivity (Wildman–Crippen MR) is 116 cm³/mol. The van der Waals surface area contributed by atoms with Crippen LogP contribution in [-0.4, -0.2) is 41.9 Å². The van der Waals surface area contributed by atoms with E-state index in [0.717, 1.165) is 12.8 Å². The molecule has 1 amide bonds. The average Bonchev–Trinajstić information content (AvgIpc) is 3.20. The van der Waals surface area contributed by atoms with Crippen LogP contribution in [0.5, 0.6) is 0 Å². The van der Waals surface area contributed by atoms with Crippen LogP contribution in [0.25, 0.3) is 11.4 Å². The summed E-state index contributed by atoms with van der Waals surface area (Å²) in [5.74, 6) is 0.988. The van der Waals surface area contributed by atoms with Crippen molar-refractivity contribution in [1.82, 2.24) is 14.4 Å². The third-order valence-electron chi connectivity index (χ3n) is 5.44. The standard InChI is InChI=1S/C22H24N4O4S/c1-15-11-13-26(14-12-15)31(28,29)18-9-7-17(8-10-18)22(27)24-20-6-4-3-5-19(20)21-23-16(2)30-25-21/h3-10,15H,11-14H2,1-2H3,(H,24,27). The fourth-order valence-electron chi connectivity index (χ4n) is 3.54. The predicted octanol–water partition coefficient (Wildman–Crippen LogP) is 3.72. The average molecular weight is 441 g/mol. The highest BCUT2D eigenvalue weighted by Crippen LogP contribution is 2.27. The smallest absolute Gasteiger partial charge is 0.255 e. The zero-order valence-corrected chi connectivity index (χ0v) is 18.2. The van der Waals surface area contributed by atoms with Crippen molar-refractivity contribution < 1.29 is 17.7 Å². The molecule has 2 heterocycles. The molecule has 8 nitrogen and oxygen atoms in total. The number of aryl methyl sites for hydroxylation is 1. The molecule has 4 rings (SSSR count). The molecule has 1 saturated heterocycles. The van der Waals surface area contributed by atoms with E-state index in [9.17, 15) is 13.2 Å². The van der Waals surface area contributed by atoms with Crippen LogP contribution in [0.4, 0.5) is 5.69 Å². The van der Waals surface area contributed by atoms with Crippen molar-refractivity contribution in [3.05, 3.63) is 60.0 Å². The number of piperidine rings is 1. The first kappa shape index (κ1) is 21.2. The highest BCUT2D eigenvalue weighted by Gasteiger charge is 2.28. The third kappa shape index (κ3) is 4.52. The number of anilines is 1. The molecule has 1 N–H and O–H groups in total. The minimum Gasteiger partial charge on any atom is -0.339 e. The number of nitrogens with zero attached hydrogens (tertiary/aromatic N) is 3. The van der Waals surface area contributed by atoms with E-state index in [-0.39, 0.29) is 10.8 Å². The molecule has 0 aliphatic carbocycles. The maximum Gasteiger partial charge on any atom is 0.255 e. The first-order valence-electron chi connectivity index (χ1n) is 10.2. The van der Waals surface area contributed by atoms with Gasteiger partial charge < -0.3 is 9.84 Å². The maximum absolute atomic E-state index is 12.9. The molecule has 0 bridgehead atoms. The summed E-state index contributed by atoms with van der Waals surface area (Å²) in [4.78, 5) is 17.2. The van der Waals surface area contributed by atoms with Crippen molar-refractivity contribution in [2.45, 2.75) is 31.6 Å². The minimum atomic E-state index is -3.55. The fraction of sp³-hybridized carbons (Fsp3) is 0.318. The summed E-state index contributed by atoms with van der Waals surface area (Å²) in [6.45, 7) is 4.88. The zero-order valence-electron chi connectivity index (χ0n) is 17.4. The minimum absolute atomic E-state index is 0.196. The number of rotatable bonds is 5. The number of carbonyl (C=O) groups is 1. The molecule has 1 aliphatic rings. The van der Waals surface area contributed by atoms with Crippen molar-refractivity contribution >= 4 is 21.6 Å². The number of sulfonamides is 1. The molecule has 162 valence electrons. The van der Waals surface area contributed by atoms with Crippen LogP contribution >= 0.6 is 0 Å². The second-order valence-corrected chi connectivity index (χ2v) is 9.69. The van der Waals surface area contributed by atoms with E-state index in [2.05, 4.69) is 22.4 Å². The van der Waals surface area contributed by atoms with Crippen molar-refractivity contribution in [2.75, 3.05) is 18.4 Å². The second kappa shape index (κ2) is 8.60. The summed E-state index contributed by atoms with van der Waals surface area (Å²) in [5.41, 5.74) is 1.52. The summed E-state index contributed by atoms with van der Waals surface area (Å²) in [7, 11) is -3.55. The molecule has 3 aromatic rings. The van der Waals surface area contributed by atoms with E-state index in [0.29, 0.717) is 47.5 Å². The van der Waals surface area contributed by atoms with Gasteiger partial charge in [0.25, 0.3) is 5.91 Å². The normalized spacial score (nSPS) is 15.7. The lowest BCUT2D eigenvalue weighted by Crippen LogP contribution is -2.37. The van der Waals surface area contributed by atoms with Gasteiger partial charge in [0.05, 0.1) is 10.6 Å². The molecule has 9 heteroatoms. The van der Waals surface area contributed by atoms with Crippen LogP contribution in [-0.2, 0) is 10.0 Å². The van der Waals surface area contributed by atoms with Crippen LogP contribution in [0, 0.1) is 12.8 Å². The number of amides is 1. The summed E-state index contributed by atoms with van der Waals surface area (Å²) in [6, 6.07) is 13.2. The molecule has 1 fully saturated rings. The van der Waals surface area contributed by atoms with E-state index in [1.54, 1.807) is 25.1 Å². The van der Waals surface area contributed by atoms with E-state index in [1.165, 1.54) is 28.6 Å². The Morgan fingerprint density at radius 2 is 1.77 bits per heavy atom. The Kier molecular flexibility index (Phi) is 5.88. The number of nitrogens with one attached hydrogen (secondary N) is 1. The summed E-state index contributed by atoms with van der Waals surface area (Å²) in [6.07, 6.45) is 1.72. The number of para-hydroxylation sites is 1. The number of hydrogen-bond acceptors (Lipinski definition) is 6. The number of carbonyl (C=O) groups excluding carboxylic acids is 1. The van der Waals surface area contributed by atoms with Gasteiger partial charge >= 0.3 is 0 Å². The Morgan fingerprint density at radius 1 is 1.10 bits per heavy atom. The molecule has 0 radical (unpaired) electrons. The summed E-state index contributed by atoms with van der Waals surface area (Å²) >= 11 is 0. The molecule has 0 atom stereocenters. The number of benzene rings is 2. The highest BCUT2D eigenvalue weighted by molar-refractivity contribution is 7.89. The van der Waals surface area contributed by atoms with Gasteiger partial charge in [-0.25, -0.2) is 8.42 Å². The Morgan fingerprint density at radius 3 is 2.42 bits per heavy atom. The monoisotopic (exact) mass is 440 g/mol. The summed E-state index contributed by atoms with van der Waals surface area (Å²) < 4.78 is 32.3. The zero-order chi connectivity index (χ0) is 22.0. The Balaban J connectivity index is 1.51. The van der Waals surface area contributed by atoms with Gasteiger partial charge in [-0.15, -0.1) is 0 Å². The van der Waals surface area contributed by atoms with Crippen molar-refractivity contribution in [1.29, 1.82) is 0 Å². The number of hydrogen-bond donors (Lipinski definition) is 1. The van der Waals surface area contributed by atoms with Gasteiger partial charge in [0.2, 0.25) is 21.7 Å². The van der Waals surface area contributed by atoms with Gasteiger partial charge in [0.15, 0.2) is 0 Å². The lowest BCUT2D eigenvalue weighted by atomic mass is 10.0. The summed E-state index contributed by atoms with van der Waals surface area (Å²) in [5, 5.41) is 6.75. The van der Waals surface area contributed by atoms with Gasteiger partial charge in [-0.2, -0.15) is 9.29 Å². The van der Waals surface area contributed by atoms with Gasteiger partial charge in [0, 0.05) is 31.1 Å². The third-order valence-corrected chi connectivity index (χ3v) is 7.35. The van der Waals surface area contributed by atoms with Gasteiger partial charge in [-0.05, 0) is 55.2 Å². The first-order chi connectivity index (χ1) is 14.8. The van der Waals surface area contributed by atoms with Gasteiger partial charge in [0.1, 0.15) is 0 Å². The number of aromatic nitrogens is 2. The Hall–Kier alpha value is -3.04. The maximum atomic E-state index is 12.9. The van der Waals surface area contributed by atoms with Crippen molar-refractivity contribution in [2.24, 2.45) is 5.92 Å². The molecular formula is C22H24N4O4S. The quantitative estimate of drug-likeness (QED) is 0.648. The van der Waals surface area contributed by atoms with Crippen LogP contribution in [0.3, 0.4) is 0 Å². The molecule has 0 unspecified atom stereocenters. The van der Waals surface area contributed by atoms with Crippen LogP contribution in [0.2, 0.25) is 0 Å². The molecule has 0 saturated carbocycles. The Bertz CT molecular complexity index is 1180. The SMILES string of the molecule is Cc1nc(-c2ccccc2NC(=O)c2ccc(S(=O)(=O)N3CCC(C)CC3)cc2)no1. The van der Waals surface area contributed by atoms with Crippen molar-refractivity contribution in [3.63, 3.8) is 0 Å².